The van der Waals surface area contributed by atoms with E-state index in [9.17, 15) is 0 Å². The lowest BCUT2D eigenvalue weighted by atomic mass is 10.1. The van der Waals surface area contributed by atoms with Gasteiger partial charge in [-0.25, -0.2) is 4.98 Å². The molecule has 1 aromatic rings. The Labute approximate surface area is 86.7 Å². The molecule has 13 heavy (non-hydrogen) atoms. The summed E-state index contributed by atoms with van der Waals surface area (Å²) in [4.78, 5) is 4.33. The van der Waals surface area contributed by atoms with Gasteiger partial charge in [0, 0.05) is 5.69 Å². The van der Waals surface area contributed by atoms with Crippen LogP contribution in [0, 0.1) is 18.3 Å². The molecule has 0 unspecified atom stereocenters. The van der Waals surface area contributed by atoms with Gasteiger partial charge in [-0.2, -0.15) is 5.26 Å². The highest BCUT2D eigenvalue weighted by Crippen LogP contribution is 2.18. The Hall–Kier alpha value is -0.880. The zero-order valence-corrected chi connectivity index (χ0v) is 9.35. The van der Waals surface area contributed by atoms with Crippen molar-refractivity contribution in [2.45, 2.75) is 26.7 Å². The summed E-state index contributed by atoms with van der Waals surface area (Å²) in [7, 11) is 0. The number of nitrogens with zero attached hydrogens (tertiary/aromatic N) is 2. The molecule has 0 amide bonds. The Kier molecular flexibility index (Phi) is 3.44. The predicted molar refractivity (Wildman–Crippen MR) is 55.4 cm³/mol. The first kappa shape index (κ1) is 10.2. The van der Waals surface area contributed by atoms with Gasteiger partial charge in [0.15, 0.2) is 0 Å². The Bertz CT molecular complexity index is 353. The highest BCUT2D eigenvalue weighted by Gasteiger charge is 2.05. The fraction of sp³-hybridized carbons (Fsp3) is 0.400. The second kappa shape index (κ2) is 4.38. The molecule has 1 aromatic heterocycles. The molecule has 68 valence electrons. The molecule has 2 nitrogen and oxygen atoms in total. The van der Waals surface area contributed by atoms with Crippen LogP contribution in [0.4, 0.5) is 0 Å². The normalized spacial score (nSPS) is 9.69. The predicted octanol–water partition coefficient (Wildman–Crippen LogP) is 2.98. The summed E-state index contributed by atoms with van der Waals surface area (Å²) < 4.78 is 0.657. The minimum absolute atomic E-state index is 0.609. The maximum absolute atomic E-state index is 8.74. The molecule has 1 heterocycles. The zero-order valence-electron chi connectivity index (χ0n) is 7.76. The molecule has 0 N–H and O–H groups in total. The SMILES string of the molecule is CCCc1nc(Br)c(C#N)cc1C. The van der Waals surface area contributed by atoms with Crippen molar-refractivity contribution < 1.29 is 0 Å². The van der Waals surface area contributed by atoms with Crippen LogP contribution < -0.4 is 0 Å². The van der Waals surface area contributed by atoms with Crippen LogP contribution in [-0.2, 0) is 6.42 Å². The number of rotatable bonds is 2. The molecule has 0 aromatic carbocycles. The van der Waals surface area contributed by atoms with E-state index < -0.39 is 0 Å². The minimum atomic E-state index is 0.609. The summed E-state index contributed by atoms with van der Waals surface area (Å²) in [6.07, 6.45) is 2.04. The van der Waals surface area contributed by atoms with Gasteiger partial charge in [-0.15, -0.1) is 0 Å². The van der Waals surface area contributed by atoms with Crippen molar-refractivity contribution in [3.63, 3.8) is 0 Å². The van der Waals surface area contributed by atoms with E-state index in [1.807, 2.05) is 13.0 Å². The molecule has 0 fully saturated rings. The molecule has 0 atom stereocenters. The van der Waals surface area contributed by atoms with E-state index in [1.54, 1.807) is 0 Å². The molecule has 0 aliphatic carbocycles. The molecule has 1 rings (SSSR count). The molecule has 0 spiro atoms. The lowest BCUT2D eigenvalue weighted by Crippen LogP contribution is -1.96. The number of aromatic nitrogens is 1. The number of halogens is 1. The van der Waals surface area contributed by atoms with Gasteiger partial charge in [-0.3, -0.25) is 0 Å². The van der Waals surface area contributed by atoms with Crippen LogP contribution in [0.15, 0.2) is 10.7 Å². The summed E-state index contributed by atoms with van der Waals surface area (Å²) in [5, 5.41) is 8.74. The van der Waals surface area contributed by atoms with Gasteiger partial charge in [-0.05, 0) is 40.9 Å². The number of aryl methyl sites for hydroxylation is 2. The van der Waals surface area contributed by atoms with Crippen LogP contribution in [-0.4, -0.2) is 4.98 Å². The summed E-state index contributed by atoms with van der Waals surface area (Å²) in [5.74, 6) is 0. The third-order valence-electron chi connectivity index (χ3n) is 1.88. The van der Waals surface area contributed by atoms with Crippen LogP contribution >= 0.6 is 15.9 Å². The third-order valence-corrected chi connectivity index (χ3v) is 2.48. The van der Waals surface area contributed by atoms with Crippen molar-refractivity contribution in [1.82, 2.24) is 4.98 Å². The van der Waals surface area contributed by atoms with Gasteiger partial charge in [0.2, 0.25) is 0 Å². The monoisotopic (exact) mass is 238 g/mol. The second-order valence-corrected chi connectivity index (χ2v) is 3.70. The molecule has 0 aliphatic heterocycles. The molecule has 3 heteroatoms. The number of nitriles is 1. The zero-order chi connectivity index (χ0) is 9.84. The Morgan fingerprint density at radius 3 is 2.85 bits per heavy atom. The van der Waals surface area contributed by atoms with Crippen LogP contribution in [0.25, 0.3) is 0 Å². The van der Waals surface area contributed by atoms with E-state index in [2.05, 4.69) is 33.9 Å². The average molecular weight is 239 g/mol. The maximum Gasteiger partial charge on any atom is 0.124 e. The Balaban J connectivity index is 3.14. The van der Waals surface area contributed by atoms with Crippen molar-refractivity contribution >= 4 is 15.9 Å². The van der Waals surface area contributed by atoms with Gasteiger partial charge < -0.3 is 0 Å². The van der Waals surface area contributed by atoms with Crippen LogP contribution in [0.1, 0.15) is 30.2 Å². The van der Waals surface area contributed by atoms with Gasteiger partial charge in [0.25, 0.3) is 0 Å². The topological polar surface area (TPSA) is 36.7 Å². The molecule has 0 saturated heterocycles. The second-order valence-electron chi connectivity index (χ2n) is 2.95. The Morgan fingerprint density at radius 2 is 2.31 bits per heavy atom. The fourth-order valence-electron chi connectivity index (χ4n) is 1.19. The largest absolute Gasteiger partial charge is 0.244 e. The van der Waals surface area contributed by atoms with Gasteiger partial charge in [-0.1, -0.05) is 13.3 Å². The molecular formula is C10H11BrN2. The highest BCUT2D eigenvalue weighted by molar-refractivity contribution is 9.10. The Morgan fingerprint density at radius 1 is 1.62 bits per heavy atom. The van der Waals surface area contributed by atoms with Gasteiger partial charge in [0.05, 0.1) is 5.56 Å². The lowest BCUT2D eigenvalue weighted by molar-refractivity contribution is 0.865. The summed E-state index contributed by atoms with van der Waals surface area (Å²) in [6, 6.07) is 3.97. The molecule has 0 bridgehead atoms. The van der Waals surface area contributed by atoms with Crippen molar-refractivity contribution in [2.24, 2.45) is 0 Å². The molecule has 0 aliphatic rings. The average Bonchev–Trinajstić information content (AvgIpc) is 2.11. The van der Waals surface area contributed by atoms with E-state index in [1.165, 1.54) is 0 Å². The van der Waals surface area contributed by atoms with Crippen LogP contribution in [0.2, 0.25) is 0 Å². The first-order chi connectivity index (χ1) is 6.19. The molecule has 0 radical (unpaired) electrons. The van der Waals surface area contributed by atoms with Crippen LogP contribution in [0.5, 0.6) is 0 Å². The number of hydrogen-bond acceptors (Lipinski definition) is 2. The highest BCUT2D eigenvalue weighted by atomic mass is 79.9. The van der Waals surface area contributed by atoms with E-state index >= 15 is 0 Å². The molecule has 0 saturated carbocycles. The molecular weight excluding hydrogens is 228 g/mol. The van der Waals surface area contributed by atoms with E-state index in [4.69, 9.17) is 5.26 Å². The minimum Gasteiger partial charge on any atom is -0.244 e. The first-order valence-corrected chi connectivity index (χ1v) is 5.04. The van der Waals surface area contributed by atoms with Crippen molar-refractivity contribution in [1.29, 1.82) is 5.26 Å². The van der Waals surface area contributed by atoms with Crippen LogP contribution in [0.3, 0.4) is 0 Å². The smallest absolute Gasteiger partial charge is 0.124 e. The maximum atomic E-state index is 8.74. The quantitative estimate of drug-likeness (QED) is 0.744. The van der Waals surface area contributed by atoms with E-state index in [-0.39, 0.29) is 0 Å². The number of hydrogen-bond donors (Lipinski definition) is 0. The number of pyridine rings is 1. The van der Waals surface area contributed by atoms with Gasteiger partial charge in [0.1, 0.15) is 10.7 Å². The van der Waals surface area contributed by atoms with E-state index in [0.717, 1.165) is 24.1 Å². The van der Waals surface area contributed by atoms with Gasteiger partial charge >= 0.3 is 0 Å². The lowest BCUT2D eigenvalue weighted by Gasteiger charge is -2.04. The summed E-state index contributed by atoms with van der Waals surface area (Å²) in [5.41, 5.74) is 2.78. The fourth-order valence-corrected chi connectivity index (χ4v) is 1.61. The first-order valence-electron chi connectivity index (χ1n) is 4.25. The van der Waals surface area contributed by atoms with Crippen molar-refractivity contribution in [3.05, 3.63) is 27.5 Å². The summed E-state index contributed by atoms with van der Waals surface area (Å²) >= 11 is 3.28. The standard InChI is InChI=1S/C10H11BrN2/c1-3-4-9-7(2)5-8(6-12)10(11)13-9/h5H,3-4H2,1-2H3. The van der Waals surface area contributed by atoms with Crippen molar-refractivity contribution in [3.8, 4) is 6.07 Å². The third kappa shape index (κ3) is 2.28. The van der Waals surface area contributed by atoms with Crippen molar-refractivity contribution in [2.75, 3.05) is 0 Å². The van der Waals surface area contributed by atoms with E-state index in [0.29, 0.717) is 10.2 Å². The summed E-state index contributed by atoms with van der Waals surface area (Å²) in [6.45, 7) is 4.11.